The third-order valence-electron chi connectivity index (χ3n) is 4.01. The zero-order valence-electron chi connectivity index (χ0n) is 13.2. The van der Waals surface area contributed by atoms with Crippen LogP contribution in [-0.2, 0) is 11.3 Å². The van der Waals surface area contributed by atoms with Gasteiger partial charge in [-0.15, -0.1) is 0 Å². The smallest absolute Gasteiger partial charge is 0.224 e. The molecule has 0 radical (unpaired) electrons. The predicted octanol–water partition coefficient (Wildman–Crippen LogP) is 1.59. The Morgan fingerprint density at radius 2 is 2.05 bits per heavy atom. The van der Waals surface area contributed by atoms with Crippen LogP contribution >= 0.6 is 0 Å². The number of aryl methyl sites for hydroxylation is 2. The molecule has 2 rings (SSSR count). The number of carbonyl (C=O) groups is 1. The minimum absolute atomic E-state index is 0.108. The van der Waals surface area contributed by atoms with E-state index < -0.39 is 0 Å². The van der Waals surface area contributed by atoms with E-state index in [9.17, 15) is 4.79 Å². The van der Waals surface area contributed by atoms with Crippen LogP contribution in [0, 0.1) is 19.8 Å². The number of nitrogens with one attached hydrogen (secondary N) is 1. The van der Waals surface area contributed by atoms with E-state index in [0.29, 0.717) is 13.1 Å². The first-order valence-corrected chi connectivity index (χ1v) is 7.86. The van der Waals surface area contributed by atoms with Crippen LogP contribution in [-0.4, -0.2) is 37.0 Å². The van der Waals surface area contributed by atoms with E-state index in [-0.39, 0.29) is 11.8 Å². The molecule has 21 heavy (non-hydrogen) atoms. The Hall–Kier alpha value is -1.39. The van der Waals surface area contributed by atoms with Gasteiger partial charge in [0.05, 0.1) is 5.92 Å². The second kappa shape index (κ2) is 7.57. The average molecular weight is 289 g/mol. The van der Waals surface area contributed by atoms with Crippen LogP contribution in [0.5, 0.6) is 0 Å². The highest BCUT2D eigenvalue weighted by molar-refractivity contribution is 5.78. The van der Waals surface area contributed by atoms with Crippen molar-refractivity contribution in [3.05, 3.63) is 34.9 Å². The second-order valence-electron chi connectivity index (χ2n) is 6.15. The molecule has 1 saturated heterocycles. The van der Waals surface area contributed by atoms with Gasteiger partial charge in [-0.2, -0.15) is 0 Å². The number of nitrogens with two attached hydrogens (primary N) is 1. The molecule has 1 aromatic rings. The normalized spacial score (nSPS) is 19.5. The third kappa shape index (κ3) is 4.83. The minimum atomic E-state index is 0.108. The summed E-state index contributed by atoms with van der Waals surface area (Å²) in [6.45, 7) is 8.21. The van der Waals surface area contributed by atoms with Gasteiger partial charge in [-0.3, -0.25) is 9.69 Å². The molecule has 1 unspecified atom stereocenters. The van der Waals surface area contributed by atoms with E-state index in [1.165, 1.54) is 16.7 Å². The third-order valence-corrected chi connectivity index (χ3v) is 4.01. The zero-order chi connectivity index (χ0) is 15.2. The number of carbonyl (C=O) groups excluding carboxylic acids is 1. The first-order valence-electron chi connectivity index (χ1n) is 7.86. The maximum absolute atomic E-state index is 12.1. The molecule has 0 spiro atoms. The second-order valence-corrected chi connectivity index (χ2v) is 6.15. The van der Waals surface area contributed by atoms with Gasteiger partial charge in [-0.05, 0) is 38.8 Å². The zero-order valence-corrected chi connectivity index (χ0v) is 13.2. The summed E-state index contributed by atoms with van der Waals surface area (Å²) in [6, 6.07) is 6.68. The van der Waals surface area contributed by atoms with E-state index in [1.54, 1.807) is 0 Å². The number of hydrogen-bond acceptors (Lipinski definition) is 3. The van der Waals surface area contributed by atoms with E-state index in [4.69, 9.17) is 5.73 Å². The standard InChI is InChI=1S/C17H27N3O/c1-13-8-14(2)10-15(9-13)11-20-7-3-4-16(12-20)17(21)19-6-5-18/h8-10,16H,3-7,11-12,18H2,1-2H3,(H,19,21). The molecular formula is C17H27N3O. The number of likely N-dealkylation sites (tertiary alicyclic amines) is 1. The van der Waals surface area contributed by atoms with E-state index in [2.05, 4.69) is 42.3 Å². The van der Waals surface area contributed by atoms with E-state index in [0.717, 1.165) is 32.5 Å². The molecule has 1 aliphatic heterocycles. The van der Waals surface area contributed by atoms with Gasteiger partial charge < -0.3 is 11.1 Å². The topological polar surface area (TPSA) is 58.4 Å². The van der Waals surface area contributed by atoms with Crippen molar-refractivity contribution < 1.29 is 4.79 Å². The molecule has 1 atom stereocenters. The number of amides is 1. The molecule has 4 heteroatoms. The lowest BCUT2D eigenvalue weighted by molar-refractivity contribution is -0.126. The molecule has 116 valence electrons. The minimum Gasteiger partial charge on any atom is -0.355 e. The number of benzene rings is 1. The fraction of sp³-hybridized carbons (Fsp3) is 0.588. The molecule has 1 aromatic carbocycles. The Labute approximate surface area is 127 Å². The van der Waals surface area contributed by atoms with Crippen molar-refractivity contribution in [3.63, 3.8) is 0 Å². The molecule has 0 aromatic heterocycles. The maximum Gasteiger partial charge on any atom is 0.224 e. The van der Waals surface area contributed by atoms with Crippen molar-refractivity contribution in [1.29, 1.82) is 0 Å². The van der Waals surface area contributed by atoms with Gasteiger partial charge in [0.2, 0.25) is 5.91 Å². The van der Waals surface area contributed by atoms with Gasteiger partial charge in [0, 0.05) is 26.2 Å². The highest BCUT2D eigenvalue weighted by Gasteiger charge is 2.25. The van der Waals surface area contributed by atoms with Crippen molar-refractivity contribution in [3.8, 4) is 0 Å². The lowest BCUT2D eigenvalue weighted by atomic mass is 9.96. The molecule has 1 heterocycles. The van der Waals surface area contributed by atoms with Crippen LogP contribution in [0.3, 0.4) is 0 Å². The van der Waals surface area contributed by atoms with Crippen LogP contribution < -0.4 is 11.1 Å². The molecule has 0 saturated carbocycles. The van der Waals surface area contributed by atoms with Crippen LogP contribution in [0.25, 0.3) is 0 Å². The Kier molecular flexibility index (Phi) is 5.76. The molecule has 3 N–H and O–H groups in total. The first-order chi connectivity index (χ1) is 10.1. The van der Waals surface area contributed by atoms with Gasteiger partial charge in [0.25, 0.3) is 0 Å². The summed E-state index contributed by atoms with van der Waals surface area (Å²) in [7, 11) is 0. The maximum atomic E-state index is 12.1. The van der Waals surface area contributed by atoms with E-state index in [1.807, 2.05) is 0 Å². The highest BCUT2D eigenvalue weighted by Crippen LogP contribution is 2.19. The Morgan fingerprint density at radius 1 is 1.33 bits per heavy atom. The molecule has 0 bridgehead atoms. The summed E-state index contributed by atoms with van der Waals surface area (Å²) in [4.78, 5) is 14.5. The largest absolute Gasteiger partial charge is 0.355 e. The van der Waals surface area contributed by atoms with Crippen molar-refractivity contribution in [1.82, 2.24) is 10.2 Å². The van der Waals surface area contributed by atoms with E-state index >= 15 is 0 Å². The summed E-state index contributed by atoms with van der Waals surface area (Å²) in [6.07, 6.45) is 2.07. The fourth-order valence-electron chi connectivity index (χ4n) is 3.17. The molecule has 0 aliphatic carbocycles. The van der Waals surface area contributed by atoms with Gasteiger partial charge in [0.15, 0.2) is 0 Å². The fourth-order valence-corrected chi connectivity index (χ4v) is 3.17. The van der Waals surface area contributed by atoms with Crippen LogP contribution in [0.2, 0.25) is 0 Å². The summed E-state index contributed by atoms with van der Waals surface area (Å²) in [5, 5.41) is 2.91. The van der Waals surface area contributed by atoms with Crippen LogP contribution in [0.1, 0.15) is 29.5 Å². The number of rotatable bonds is 5. The van der Waals surface area contributed by atoms with Crippen LogP contribution in [0.4, 0.5) is 0 Å². The lowest BCUT2D eigenvalue weighted by Crippen LogP contribution is -2.43. The molecule has 4 nitrogen and oxygen atoms in total. The Morgan fingerprint density at radius 3 is 2.71 bits per heavy atom. The van der Waals surface area contributed by atoms with Crippen LogP contribution in [0.15, 0.2) is 18.2 Å². The quantitative estimate of drug-likeness (QED) is 0.865. The van der Waals surface area contributed by atoms with Gasteiger partial charge in [0.1, 0.15) is 0 Å². The van der Waals surface area contributed by atoms with Crippen molar-refractivity contribution in [2.45, 2.75) is 33.2 Å². The van der Waals surface area contributed by atoms with Gasteiger partial charge in [-0.25, -0.2) is 0 Å². The number of nitrogens with zero attached hydrogens (tertiary/aromatic N) is 1. The SMILES string of the molecule is Cc1cc(C)cc(CN2CCCC(C(=O)NCCN)C2)c1. The molecule has 1 fully saturated rings. The predicted molar refractivity (Wildman–Crippen MR) is 86.0 cm³/mol. The summed E-state index contributed by atoms with van der Waals surface area (Å²) in [5.74, 6) is 0.266. The van der Waals surface area contributed by atoms with Gasteiger partial charge >= 0.3 is 0 Å². The Bertz CT molecular complexity index is 467. The molecule has 1 amide bonds. The monoisotopic (exact) mass is 289 g/mol. The average Bonchev–Trinajstić information content (AvgIpc) is 2.44. The summed E-state index contributed by atoms with van der Waals surface area (Å²) < 4.78 is 0. The van der Waals surface area contributed by atoms with Gasteiger partial charge in [-0.1, -0.05) is 29.3 Å². The van der Waals surface area contributed by atoms with Crippen molar-refractivity contribution >= 4 is 5.91 Å². The van der Waals surface area contributed by atoms with Crippen molar-refractivity contribution in [2.24, 2.45) is 11.7 Å². The number of hydrogen-bond donors (Lipinski definition) is 2. The summed E-state index contributed by atoms with van der Waals surface area (Å²) in [5.41, 5.74) is 9.39. The first kappa shape index (κ1) is 16.0. The Balaban J connectivity index is 1.93. The van der Waals surface area contributed by atoms with Crippen molar-refractivity contribution in [2.75, 3.05) is 26.2 Å². The molecule has 1 aliphatic rings. The molecular weight excluding hydrogens is 262 g/mol. The number of piperidine rings is 1. The highest BCUT2D eigenvalue weighted by atomic mass is 16.1. The summed E-state index contributed by atoms with van der Waals surface area (Å²) >= 11 is 0. The lowest BCUT2D eigenvalue weighted by Gasteiger charge is -2.32.